The van der Waals surface area contributed by atoms with Gasteiger partial charge in [0.05, 0.1) is 18.1 Å². The third kappa shape index (κ3) is 2.94. The van der Waals surface area contributed by atoms with Gasteiger partial charge in [0.15, 0.2) is 0 Å². The Hall–Kier alpha value is -3.02. The number of H-pyrrole nitrogens is 1. The molecule has 2 heterocycles. The lowest BCUT2D eigenvalue weighted by molar-refractivity contribution is 1.03. The fraction of sp³-hybridized carbons (Fsp3) is 0.0667. The molecule has 0 aliphatic rings. The van der Waals surface area contributed by atoms with Crippen LogP contribution in [-0.2, 0) is 6.42 Å². The molecule has 3 rings (SSSR count). The summed E-state index contributed by atoms with van der Waals surface area (Å²) >= 11 is 0. The first kappa shape index (κ1) is 13.0. The number of hydrogen-bond acceptors (Lipinski definition) is 5. The lowest BCUT2D eigenvalue weighted by Gasteiger charge is -2.06. The van der Waals surface area contributed by atoms with Crippen LogP contribution in [0.1, 0.15) is 11.3 Å². The van der Waals surface area contributed by atoms with Gasteiger partial charge in [-0.1, -0.05) is 30.3 Å². The van der Waals surface area contributed by atoms with Crippen molar-refractivity contribution in [3.63, 3.8) is 0 Å². The molecule has 3 N–H and O–H groups in total. The van der Waals surface area contributed by atoms with Crippen LogP contribution in [0, 0.1) is 0 Å². The van der Waals surface area contributed by atoms with Crippen molar-refractivity contribution in [1.82, 2.24) is 19.9 Å². The van der Waals surface area contributed by atoms with E-state index < -0.39 is 0 Å². The molecular weight excluding hydrogens is 266 g/mol. The number of nitrogens with two attached hydrogens (primary N) is 1. The van der Waals surface area contributed by atoms with E-state index in [9.17, 15) is 4.79 Å². The van der Waals surface area contributed by atoms with Gasteiger partial charge in [0.2, 0.25) is 0 Å². The second-order valence-electron chi connectivity index (χ2n) is 4.55. The highest BCUT2D eigenvalue weighted by Gasteiger charge is 2.08. The summed E-state index contributed by atoms with van der Waals surface area (Å²) in [5.74, 6) is 0.395. The first-order chi connectivity index (χ1) is 10.2. The molecule has 0 amide bonds. The van der Waals surface area contributed by atoms with Crippen molar-refractivity contribution in [1.29, 1.82) is 0 Å². The highest BCUT2D eigenvalue weighted by atomic mass is 16.1. The normalized spacial score (nSPS) is 10.5. The zero-order chi connectivity index (χ0) is 14.7. The Morgan fingerprint density at radius 1 is 1.05 bits per heavy atom. The summed E-state index contributed by atoms with van der Waals surface area (Å²) in [5.41, 5.74) is 8.55. The first-order valence-corrected chi connectivity index (χ1v) is 6.43. The summed E-state index contributed by atoms with van der Waals surface area (Å²) < 4.78 is 0. The van der Waals surface area contributed by atoms with Crippen LogP contribution in [0.4, 0.5) is 5.82 Å². The van der Waals surface area contributed by atoms with Gasteiger partial charge in [0, 0.05) is 12.6 Å². The van der Waals surface area contributed by atoms with Crippen LogP contribution in [0.5, 0.6) is 0 Å². The lowest BCUT2D eigenvalue weighted by atomic mass is 10.1. The quantitative estimate of drug-likeness (QED) is 0.755. The average molecular weight is 279 g/mol. The third-order valence-corrected chi connectivity index (χ3v) is 3.03. The van der Waals surface area contributed by atoms with Crippen LogP contribution in [0.15, 0.2) is 53.7 Å². The molecule has 21 heavy (non-hydrogen) atoms. The molecule has 0 spiro atoms. The molecule has 0 saturated carbocycles. The SMILES string of the molecule is Nc1ncc(-c2c[nH]c(=O)cn2)nc1Cc1ccccc1. The van der Waals surface area contributed by atoms with Crippen LogP contribution in [-0.4, -0.2) is 19.9 Å². The Labute approximate surface area is 120 Å². The van der Waals surface area contributed by atoms with Crippen LogP contribution in [0.2, 0.25) is 0 Å². The number of anilines is 1. The summed E-state index contributed by atoms with van der Waals surface area (Å²) in [6, 6.07) is 9.90. The predicted molar refractivity (Wildman–Crippen MR) is 79.5 cm³/mol. The Bertz CT molecular complexity index is 793. The number of benzene rings is 1. The fourth-order valence-corrected chi connectivity index (χ4v) is 1.96. The van der Waals surface area contributed by atoms with E-state index >= 15 is 0 Å². The van der Waals surface area contributed by atoms with E-state index in [1.165, 1.54) is 12.4 Å². The molecule has 0 aliphatic carbocycles. The molecule has 1 aromatic carbocycles. The van der Waals surface area contributed by atoms with Gasteiger partial charge in [-0.3, -0.25) is 4.79 Å². The van der Waals surface area contributed by atoms with Crippen molar-refractivity contribution in [3.05, 3.63) is 70.5 Å². The largest absolute Gasteiger partial charge is 0.382 e. The van der Waals surface area contributed by atoms with Gasteiger partial charge in [0.1, 0.15) is 17.2 Å². The maximum atomic E-state index is 11.0. The van der Waals surface area contributed by atoms with Crippen molar-refractivity contribution in [2.75, 3.05) is 5.73 Å². The van der Waals surface area contributed by atoms with E-state index in [4.69, 9.17) is 5.73 Å². The predicted octanol–water partition coefficient (Wildman–Crippen LogP) is 1.40. The molecule has 0 bridgehead atoms. The van der Waals surface area contributed by atoms with E-state index in [2.05, 4.69) is 19.9 Å². The Kier molecular flexibility index (Phi) is 3.42. The van der Waals surface area contributed by atoms with Crippen molar-refractivity contribution >= 4 is 5.82 Å². The summed E-state index contributed by atoms with van der Waals surface area (Å²) in [7, 11) is 0. The number of nitrogens with zero attached hydrogens (tertiary/aromatic N) is 3. The zero-order valence-electron chi connectivity index (χ0n) is 11.2. The number of rotatable bonds is 3. The highest BCUT2D eigenvalue weighted by Crippen LogP contribution is 2.17. The van der Waals surface area contributed by atoms with Gasteiger partial charge in [-0.25, -0.2) is 15.0 Å². The minimum absolute atomic E-state index is 0.258. The second kappa shape index (κ2) is 5.54. The molecule has 0 atom stereocenters. The number of hydrogen-bond donors (Lipinski definition) is 2. The van der Waals surface area contributed by atoms with Gasteiger partial charge >= 0.3 is 0 Å². The maximum Gasteiger partial charge on any atom is 0.266 e. The molecule has 6 nitrogen and oxygen atoms in total. The third-order valence-electron chi connectivity index (χ3n) is 3.03. The summed E-state index contributed by atoms with van der Waals surface area (Å²) in [6.07, 6.45) is 4.86. The molecule has 6 heteroatoms. The smallest absolute Gasteiger partial charge is 0.266 e. The van der Waals surface area contributed by atoms with Crippen molar-refractivity contribution in [3.8, 4) is 11.4 Å². The van der Waals surface area contributed by atoms with Crippen molar-refractivity contribution < 1.29 is 0 Å². The van der Waals surface area contributed by atoms with Gasteiger partial charge in [0.25, 0.3) is 5.56 Å². The van der Waals surface area contributed by atoms with E-state index in [0.717, 1.165) is 5.56 Å². The maximum absolute atomic E-state index is 11.0. The molecule has 0 unspecified atom stereocenters. The zero-order valence-corrected chi connectivity index (χ0v) is 11.2. The molecular formula is C15H13N5O. The topological polar surface area (TPSA) is 97.5 Å². The molecule has 104 valence electrons. The first-order valence-electron chi connectivity index (χ1n) is 6.43. The Balaban J connectivity index is 1.96. The second-order valence-corrected chi connectivity index (χ2v) is 4.55. The monoisotopic (exact) mass is 279 g/mol. The number of aromatic nitrogens is 4. The minimum atomic E-state index is -0.258. The van der Waals surface area contributed by atoms with Crippen molar-refractivity contribution in [2.24, 2.45) is 0 Å². The van der Waals surface area contributed by atoms with Crippen molar-refractivity contribution in [2.45, 2.75) is 6.42 Å². The Morgan fingerprint density at radius 2 is 1.86 bits per heavy atom. The summed E-state index contributed by atoms with van der Waals surface area (Å²) in [4.78, 5) is 26.3. The molecule has 0 saturated heterocycles. The molecule has 2 aromatic heterocycles. The minimum Gasteiger partial charge on any atom is -0.382 e. The number of nitrogens with one attached hydrogen (secondary N) is 1. The van der Waals surface area contributed by atoms with E-state index in [-0.39, 0.29) is 5.56 Å². The fourth-order valence-electron chi connectivity index (χ4n) is 1.96. The molecule has 0 aliphatic heterocycles. The van der Waals surface area contributed by atoms with Gasteiger partial charge in [-0.2, -0.15) is 0 Å². The van der Waals surface area contributed by atoms with Crippen LogP contribution in [0.3, 0.4) is 0 Å². The van der Waals surface area contributed by atoms with Crippen LogP contribution in [0.25, 0.3) is 11.4 Å². The van der Waals surface area contributed by atoms with Gasteiger partial charge < -0.3 is 10.7 Å². The Morgan fingerprint density at radius 3 is 2.57 bits per heavy atom. The number of nitrogen functional groups attached to an aromatic ring is 1. The van der Waals surface area contributed by atoms with Gasteiger partial charge in [-0.15, -0.1) is 0 Å². The molecule has 3 aromatic rings. The van der Waals surface area contributed by atoms with Crippen LogP contribution < -0.4 is 11.3 Å². The van der Waals surface area contributed by atoms with Crippen LogP contribution >= 0.6 is 0 Å². The van der Waals surface area contributed by atoms with E-state index in [0.29, 0.717) is 29.3 Å². The lowest BCUT2D eigenvalue weighted by Crippen LogP contribution is -2.07. The number of aromatic amines is 1. The standard InChI is InChI=1S/C15H13N5O/c16-15-11(6-10-4-2-1-3-5-10)20-13(8-19-15)12-7-18-14(21)9-17-12/h1-5,7-9H,6H2,(H2,16,19)(H,18,21). The molecule has 0 radical (unpaired) electrons. The van der Waals surface area contributed by atoms with E-state index in [1.807, 2.05) is 30.3 Å². The van der Waals surface area contributed by atoms with E-state index in [1.54, 1.807) is 6.20 Å². The summed E-state index contributed by atoms with van der Waals surface area (Å²) in [5, 5.41) is 0. The molecule has 0 fully saturated rings. The average Bonchev–Trinajstić information content (AvgIpc) is 2.51. The van der Waals surface area contributed by atoms with Gasteiger partial charge in [-0.05, 0) is 5.56 Å². The highest BCUT2D eigenvalue weighted by molar-refractivity contribution is 5.54. The summed E-state index contributed by atoms with van der Waals surface area (Å²) in [6.45, 7) is 0.